The van der Waals surface area contributed by atoms with Crippen molar-refractivity contribution >= 4 is 71.7 Å². The summed E-state index contributed by atoms with van der Waals surface area (Å²) in [7, 11) is 0. The predicted molar refractivity (Wildman–Crippen MR) is 261 cm³/mol. The minimum absolute atomic E-state index is 0. The molecule has 26 heteroatoms. The molecule has 0 aliphatic carbocycles. The van der Waals surface area contributed by atoms with Crippen molar-refractivity contribution in [1.29, 1.82) is 0 Å². The summed E-state index contributed by atoms with van der Waals surface area (Å²) < 4.78 is 54.4. The van der Waals surface area contributed by atoms with Gasteiger partial charge in [-0.15, -0.1) is 0 Å². The fourth-order valence-electron chi connectivity index (χ4n) is 4.45. The van der Waals surface area contributed by atoms with Crippen molar-refractivity contribution in [3.8, 4) is 0 Å². The van der Waals surface area contributed by atoms with Gasteiger partial charge in [0.1, 0.15) is 0 Å². The van der Waals surface area contributed by atoms with Crippen LogP contribution in [0.15, 0.2) is 0 Å². The van der Waals surface area contributed by atoms with Gasteiger partial charge < -0.3 is 52.1 Å². The monoisotopic (exact) mass is 1810 g/mol. The first kappa shape index (κ1) is 76.5. The average molecular weight is 1820 g/mol. The molecule has 11 nitrogen and oxygen atoms in total. The van der Waals surface area contributed by atoms with Gasteiger partial charge in [0.15, 0.2) is 0 Å². The molecular formula is C37H76Cl12O11Th3. The van der Waals surface area contributed by atoms with Crippen LogP contribution >= 0.6 is 71.7 Å². The molecule has 0 bridgehead atoms. The fraction of sp³-hybridized carbons (Fsp3) is 1.00. The number of ether oxygens (including phenoxy) is 11. The first-order valence-corrected chi connectivity index (χ1v) is 81.6. The van der Waals surface area contributed by atoms with Gasteiger partial charge in [-0.3, -0.25) is 0 Å². The van der Waals surface area contributed by atoms with Gasteiger partial charge in [-0.1, -0.05) is 7.43 Å². The van der Waals surface area contributed by atoms with Crippen LogP contribution < -0.4 is 0 Å². The van der Waals surface area contributed by atoms with Crippen molar-refractivity contribution in [3.63, 3.8) is 0 Å². The molecule has 9 aliphatic rings. The zero-order chi connectivity index (χ0) is 46.7. The van der Waals surface area contributed by atoms with Crippen LogP contribution in [0.4, 0.5) is 0 Å². The van der Waals surface area contributed by atoms with Gasteiger partial charge in [0.25, 0.3) is 0 Å². The second-order valence-electron chi connectivity index (χ2n) is 13.0. The number of halogens is 12. The van der Waals surface area contributed by atoms with Crippen molar-refractivity contribution in [1.82, 2.24) is 0 Å². The van der Waals surface area contributed by atoms with E-state index in [0.29, 0.717) is 0 Å². The summed E-state index contributed by atoms with van der Waals surface area (Å²) in [6, 6.07) is 0. The first-order chi connectivity index (χ1) is 29.5. The van der Waals surface area contributed by atoms with Gasteiger partial charge in [-0.25, -0.2) is 0 Å². The summed E-state index contributed by atoms with van der Waals surface area (Å²) >= 11 is -10.3. The van der Waals surface area contributed by atoms with Crippen LogP contribution in [0.5, 0.6) is 0 Å². The Morgan fingerprint density at radius 3 is 0.254 bits per heavy atom. The van der Waals surface area contributed by atoms with Gasteiger partial charge in [0.2, 0.25) is 0 Å². The van der Waals surface area contributed by atoms with Crippen LogP contribution in [0.2, 0.25) is 0 Å². The van der Waals surface area contributed by atoms with E-state index in [9.17, 15) is 0 Å². The molecule has 0 radical (unpaired) electrons. The van der Waals surface area contributed by atoms with E-state index in [2.05, 4.69) is 0 Å². The zero-order valence-corrected chi connectivity index (χ0v) is 57.4. The fourth-order valence-corrected chi connectivity index (χ4v) is 4.45. The molecule has 9 aliphatic heterocycles. The molecule has 0 spiro atoms. The molecule has 9 rings (SSSR count). The Hall–Kier alpha value is 7.01. The maximum absolute atomic E-state index is 5.06. The SMILES string of the molecule is C.C1CCOC1.C1CCOC1.C1CCOC1.C1CCOC1.C1CCOC1.C1CCOC1.C1CCOC1.C1COCCO1.C1COCCO1.[Cl][Th]([Cl])([Cl])[Cl].[Cl][Th]([Cl])([Cl])[Cl].[Cl][Th]([Cl])([Cl])[Cl]. The molecule has 0 aromatic heterocycles. The van der Waals surface area contributed by atoms with Crippen LogP contribution in [0, 0.1) is 76.8 Å². The van der Waals surface area contributed by atoms with Gasteiger partial charge in [0, 0.05) is 92.5 Å². The Labute approximate surface area is 434 Å². The Kier molecular flexibility index (Phi) is 74.8. The summed E-state index contributed by atoms with van der Waals surface area (Å²) in [5, 5.41) is 0. The van der Waals surface area contributed by atoms with Crippen molar-refractivity contribution in [3.05, 3.63) is 0 Å². The van der Waals surface area contributed by atoms with E-state index in [1.165, 1.54) is 89.9 Å². The second kappa shape index (κ2) is 61.6. The molecule has 63 heavy (non-hydrogen) atoms. The molecule has 0 aromatic carbocycles. The summed E-state index contributed by atoms with van der Waals surface area (Å²) in [5.41, 5.74) is 0. The summed E-state index contributed by atoms with van der Waals surface area (Å²) in [6.07, 6.45) is 17.9. The third kappa shape index (κ3) is 106. The van der Waals surface area contributed by atoms with E-state index in [1.54, 1.807) is 0 Å². The molecule has 0 aromatic rings. The normalized spacial score (nSPS) is 20.8. The summed E-state index contributed by atoms with van der Waals surface area (Å²) in [4.78, 5) is 0. The van der Waals surface area contributed by atoms with E-state index in [4.69, 9.17) is 124 Å². The molecule has 0 unspecified atom stereocenters. The molecule has 9 saturated heterocycles. The summed E-state index contributed by atoms with van der Waals surface area (Å²) in [6.45, 7) is 20.2. The van der Waals surface area contributed by atoms with Gasteiger partial charge in [-0.05, 0) is 89.9 Å². The second-order valence-corrected chi connectivity index (χ2v) is 118. The molecule has 0 amide bonds. The van der Waals surface area contributed by atoms with Crippen molar-refractivity contribution in [2.45, 2.75) is 97.3 Å². The first-order valence-electron chi connectivity index (χ1n) is 21.1. The number of rotatable bonds is 0. The number of hydrogen-bond donors (Lipinski definition) is 0. The third-order valence-corrected chi connectivity index (χ3v) is 7.28. The van der Waals surface area contributed by atoms with E-state index in [1.807, 2.05) is 0 Å². The van der Waals surface area contributed by atoms with Gasteiger partial charge >= 0.3 is 148 Å². The van der Waals surface area contributed by atoms with E-state index in [-0.39, 0.29) is 7.43 Å². The molecule has 9 heterocycles. The Morgan fingerprint density at radius 1 is 0.159 bits per heavy atom. The number of hydrogen-bond acceptors (Lipinski definition) is 11. The minimum atomic E-state index is -3.45. The van der Waals surface area contributed by atoms with Crippen molar-refractivity contribution in [2.24, 2.45) is 0 Å². The standard InChI is InChI=1S/2C4H8O2.7C4H8O.CH4.12ClH.3Th/c2*1-2-6-4-3-5-1;7*1-2-4-5-3-1;;;;;;;;;;;;;;;;/h2*1-4H2;7*1-4H2;1H4;12*1H;;;/q;;;;;;;;;;;;;;;;;;;;;;3*+4/p-12. The molecule has 0 saturated carbocycles. The van der Waals surface area contributed by atoms with Crippen LogP contribution in [-0.4, -0.2) is 145 Å². The molecular weight excluding hydrogens is 1740 g/mol. The van der Waals surface area contributed by atoms with E-state index < -0.39 is 76.8 Å². The quantitative estimate of drug-likeness (QED) is 0.232. The topological polar surface area (TPSA) is 102 Å². The van der Waals surface area contributed by atoms with Gasteiger partial charge in [-0.2, -0.15) is 0 Å². The van der Waals surface area contributed by atoms with E-state index >= 15 is 0 Å². The summed E-state index contributed by atoms with van der Waals surface area (Å²) in [5.74, 6) is 60.7. The maximum atomic E-state index is 5.06. The van der Waals surface area contributed by atoms with E-state index in [0.717, 1.165) is 145 Å². The van der Waals surface area contributed by atoms with Crippen LogP contribution in [0.25, 0.3) is 0 Å². The molecule has 9 fully saturated rings. The zero-order valence-electron chi connectivity index (χ0n) is 36.0. The van der Waals surface area contributed by atoms with Crippen LogP contribution in [0.3, 0.4) is 0 Å². The molecule has 0 N–H and O–H groups in total. The van der Waals surface area contributed by atoms with Gasteiger partial charge in [0.05, 0.1) is 52.9 Å². The Balaban J connectivity index is -0.000000301. The van der Waals surface area contributed by atoms with Crippen molar-refractivity contribution < 1.29 is 129 Å². The third-order valence-electron chi connectivity index (χ3n) is 7.28. The van der Waals surface area contributed by atoms with Crippen LogP contribution in [0.1, 0.15) is 97.3 Å². The molecule has 0 atom stereocenters. The average Bonchev–Trinajstić information content (AvgIpc) is 4.12. The van der Waals surface area contributed by atoms with Crippen molar-refractivity contribution in [2.75, 3.05) is 145 Å². The Bertz CT molecular complexity index is 583. The predicted octanol–water partition coefficient (Wildman–Crippen LogP) is 14.6. The Morgan fingerprint density at radius 2 is 0.222 bits per heavy atom. The van der Waals surface area contributed by atoms with Crippen LogP contribution in [-0.2, 0) is 52.1 Å². The molecule has 386 valence electrons.